The van der Waals surface area contributed by atoms with Crippen LogP contribution in [0.25, 0.3) is 0 Å². The summed E-state index contributed by atoms with van der Waals surface area (Å²) in [4.78, 5) is 11.8. The molecular weight excluding hydrogens is 216 g/mol. The molecule has 4 N–H and O–H groups in total. The molecule has 0 aromatic heterocycles. The minimum Gasteiger partial charge on any atom is -0.507 e. The zero-order valence-electron chi connectivity index (χ0n) is 10.4. The molecule has 1 rings (SSSR count). The third-order valence-electron chi connectivity index (χ3n) is 2.58. The number of aromatic hydroxyl groups is 1. The molecule has 1 amide bonds. The van der Waals surface area contributed by atoms with Gasteiger partial charge in [-0.05, 0) is 25.5 Å². The molecule has 4 heteroatoms. The average molecular weight is 236 g/mol. The van der Waals surface area contributed by atoms with E-state index in [-0.39, 0.29) is 17.7 Å². The van der Waals surface area contributed by atoms with Crippen LogP contribution in [0.4, 0.5) is 0 Å². The molecule has 94 valence electrons. The molecule has 4 nitrogen and oxygen atoms in total. The second-order valence-electron chi connectivity index (χ2n) is 4.28. The van der Waals surface area contributed by atoms with Crippen LogP contribution >= 0.6 is 0 Å². The van der Waals surface area contributed by atoms with Crippen LogP contribution in [-0.4, -0.2) is 23.6 Å². The molecule has 0 radical (unpaired) electrons. The maximum atomic E-state index is 11.8. The molecule has 1 atom stereocenters. The summed E-state index contributed by atoms with van der Waals surface area (Å²) in [5.74, 6) is -0.282. The fourth-order valence-electron chi connectivity index (χ4n) is 1.62. The van der Waals surface area contributed by atoms with Gasteiger partial charge in [0.05, 0.1) is 5.56 Å². The number of aryl methyl sites for hydroxylation is 1. The first kappa shape index (κ1) is 13.5. The molecule has 0 spiro atoms. The Morgan fingerprint density at radius 2 is 2.24 bits per heavy atom. The van der Waals surface area contributed by atoms with Gasteiger partial charge in [0.15, 0.2) is 0 Å². The Morgan fingerprint density at radius 3 is 2.88 bits per heavy atom. The summed E-state index contributed by atoms with van der Waals surface area (Å²) in [5.41, 5.74) is 7.04. The van der Waals surface area contributed by atoms with Gasteiger partial charge in [0.1, 0.15) is 5.75 Å². The van der Waals surface area contributed by atoms with Crippen molar-refractivity contribution in [3.63, 3.8) is 0 Å². The van der Waals surface area contributed by atoms with Gasteiger partial charge >= 0.3 is 0 Å². The van der Waals surface area contributed by atoms with Crippen molar-refractivity contribution in [1.29, 1.82) is 0 Å². The number of phenolic OH excluding ortho intramolecular Hbond substituents is 1. The molecule has 1 aromatic rings. The molecule has 0 saturated heterocycles. The number of nitrogens with one attached hydrogen (secondary N) is 1. The highest BCUT2D eigenvalue weighted by Gasteiger charge is 2.11. The highest BCUT2D eigenvalue weighted by Crippen LogP contribution is 2.17. The molecule has 1 aromatic carbocycles. The summed E-state index contributed by atoms with van der Waals surface area (Å²) in [6, 6.07) is 4.91. The van der Waals surface area contributed by atoms with Gasteiger partial charge in [-0.2, -0.15) is 0 Å². The first-order valence-corrected chi connectivity index (χ1v) is 5.88. The largest absolute Gasteiger partial charge is 0.507 e. The van der Waals surface area contributed by atoms with Crippen molar-refractivity contribution in [2.24, 2.45) is 5.73 Å². The predicted octanol–water partition coefficient (Wildman–Crippen LogP) is 1.56. The molecule has 0 saturated carbocycles. The summed E-state index contributed by atoms with van der Waals surface area (Å²) in [7, 11) is 0. The Hall–Kier alpha value is -1.55. The number of nitrogens with two attached hydrogens (primary N) is 1. The second-order valence-corrected chi connectivity index (χ2v) is 4.28. The smallest absolute Gasteiger partial charge is 0.255 e. The van der Waals surface area contributed by atoms with E-state index in [1.54, 1.807) is 12.1 Å². The molecular formula is C13H20N2O2. The predicted molar refractivity (Wildman–Crippen MR) is 68.1 cm³/mol. The van der Waals surface area contributed by atoms with Crippen LogP contribution in [0.2, 0.25) is 0 Å². The van der Waals surface area contributed by atoms with E-state index in [2.05, 4.69) is 5.32 Å². The molecule has 0 bridgehead atoms. The van der Waals surface area contributed by atoms with Gasteiger partial charge in [0.2, 0.25) is 0 Å². The Labute approximate surface area is 102 Å². The number of hydrogen-bond acceptors (Lipinski definition) is 3. The molecule has 0 fully saturated rings. The van der Waals surface area contributed by atoms with Gasteiger partial charge in [-0.25, -0.2) is 0 Å². The van der Waals surface area contributed by atoms with Gasteiger partial charge in [-0.1, -0.05) is 25.0 Å². The van der Waals surface area contributed by atoms with Crippen molar-refractivity contribution in [2.75, 3.05) is 6.54 Å². The molecule has 1 unspecified atom stereocenters. The van der Waals surface area contributed by atoms with E-state index >= 15 is 0 Å². The maximum Gasteiger partial charge on any atom is 0.255 e. The van der Waals surface area contributed by atoms with E-state index < -0.39 is 0 Å². The Kier molecular flexibility index (Phi) is 4.97. The number of phenols is 1. The molecule has 0 heterocycles. The van der Waals surface area contributed by atoms with Gasteiger partial charge in [0, 0.05) is 12.6 Å². The number of hydrogen-bond donors (Lipinski definition) is 3. The number of benzene rings is 1. The van der Waals surface area contributed by atoms with E-state index in [4.69, 9.17) is 5.73 Å². The monoisotopic (exact) mass is 236 g/mol. The highest BCUT2D eigenvalue weighted by atomic mass is 16.3. The van der Waals surface area contributed by atoms with Crippen LogP contribution < -0.4 is 11.1 Å². The van der Waals surface area contributed by atoms with Crippen LogP contribution in [0.15, 0.2) is 18.2 Å². The molecule has 0 aliphatic rings. The van der Waals surface area contributed by atoms with E-state index in [0.717, 1.165) is 18.4 Å². The topological polar surface area (TPSA) is 75.3 Å². The van der Waals surface area contributed by atoms with Crippen molar-refractivity contribution < 1.29 is 9.90 Å². The van der Waals surface area contributed by atoms with Gasteiger partial charge < -0.3 is 16.2 Å². The van der Waals surface area contributed by atoms with Gasteiger partial charge in [0.25, 0.3) is 5.91 Å². The fourth-order valence-corrected chi connectivity index (χ4v) is 1.62. The summed E-state index contributed by atoms with van der Waals surface area (Å²) in [6.45, 7) is 4.35. The second kappa shape index (κ2) is 6.25. The lowest BCUT2D eigenvalue weighted by molar-refractivity contribution is 0.0948. The Morgan fingerprint density at radius 1 is 1.53 bits per heavy atom. The summed E-state index contributed by atoms with van der Waals surface area (Å²) in [5, 5.41) is 12.3. The lowest BCUT2D eigenvalue weighted by Gasteiger charge is -2.12. The highest BCUT2D eigenvalue weighted by molar-refractivity contribution is 5.96. The number of carbonyl (C=O) groups excluding carboxylic acids is 1. The summed E-state index contributed by atoms with van der Waals surface area (Å²) >= 11 is 0. The quantitative estimate of drug-likeness (QED) is 0.726. The molecule has 0 aliphatic carbocycles. The van der Waals surface area contributed by atoms with Crippen molar-refractivity contribution in [1.82, 2.24) is 5.32 Å². The summed E-state index contributed by atoms with van der Waals surface area (Å²) in [6.07, 6.45) is 1.87. The van der Waals surface area contributed by atoms with Crippen molar-refractivity contribution >= 4 is 5.91 Å². The van der Waals surface area contributed by atoms with Crippen molar-refractivity contribution in [2.45, 2.75) is 32.7 Å². The van der Waals surface area contributed by atoms with Crippen molar-refractivity contribution in [3.05, 3.63) is 29.3 Å². The van der Waals surface area contributed by atoms with Crippen LogP contribution in [0.5, 0.6) is 5.75 Å². The zero-order chi connectivity index (χ0) is 12.8. The zero-order valence-corrected chi connectivity index (χ0v) is 10.4. The van der Waals surface area contributed by atoms with E-state index in [1.807, 2.05) is 13.8 Å². The minimum atomic E-state index is -0.280. The number of amides is 1. The Balaban J connectivity index is 2.61. The van der Waals surface area contributed by atoms with E-state index in [0.29, 0.717) is 12.1 Å². The maximum absolute atomic E-state index is 11.8. The molecule has 17 heavy (non-hydrogen) atoms. The number of carbonyl (C=O) groups is 1. The van der Waals surface area contributed by atoms with Gasteiger partial charge in [-0.3, -0.25) is 4.79 Å². The first-order chi connectivity index (χ1) is 8.04. The van der Waals surface area contributed by atoms with Crippen molar-refractivity contribution in [3.8, 4) is 5.75 Å². The third kappa shape index (κ3) is 4.07. The Bertz CT molecular complexity index is 391. The van der Waals surface area contributed by atoms with Crippen LogP contribution in [0, 0.1) is 6.92 Å². The average Bonchev–Trinajstić information content (AvgIpc) is 2.29. The minimum absolute atomic E-state index is 0.00263. The standard InChI is InChI=1S/C13H20N2O2/c1-3-4-10(14)8-15-13(17)11-7-9(2)5-6-12(11)16/h5-7,10,16H,3-4,8,14H2,1-2H3,(H,15,17). The lowest BCUT2D eigenvalue weighted by Crippen LogP contribution is -2.37. The fraction of sp³-hybridized carbons (Fsp3) is 0.462. The van der Waals surface area contributed by atoms with Crippen LogP contribution in [0.1, 0.15) is 35.7 Å². The van der Waals surface area contributed by atoms with Crippen LogP contribution in [-0.2, 0) is 0 Å². The lowest BCUT2D eigenvalue weighted by atomic mass is 10.1. The summed E-state index contributed by atoms with van der Waals surface area (Å²) < 4.78 is 0. The first-order valence-electron chi connectivity index (χ1n) is 5.88. The molecule has 0 aliphatic heterocycles. The SMILES string of the molecule is CCCC(N)CNC(=O)c1cc(C)ccc1O. The third-order valence-corrected chi connectivity index (χ3v) is 2.58. The van der Waals surface area contributed by atoms with Gasteiger partial charge in [-0.15, -0.1) is 0 Å². The normalized spacial score (nSPS) is 12.2. The van der Waals surface area contributed by atoms with E-state index in [9.17, 15) is 9.90 Å². The van der Waals surface area contributed by atoms with E-state index in [1.165, 1.54) is 6.07 Å². The van der Waals surface area contributed by atoms with Crippen LogP contribution in [0.3, 0.4) is 0 Å². The number of rotatable bonds is 5.